The van der Waals surface area contributed by atoms with Crippen LogP contribution in [-0.2, 0) is 0 Å². The molecule has 10 aromatic carbocycles. The van der Waals surface area contributed by atoms with Gasteiger partial charge in [0, 0.05) is 32.9 Å². The average molecular weight is 817 g/mol. The molecule has 13 rings (SSSR count). The molecule has 3 heterocycles. The molecule has 0 bridgehead atoms. The van der Waals surface area contributed by atoms with Crippen LogP contribution in [0.25, 0.3) is 88.0 Å². The lowest BCUT2D eigenvalue weighted by Crippen LogP contribution is -2.24. The molecule has 0 fully saturated rings. The van der Waals surface area contributed by atoms with Gasteiger partial charge >= 0.3 is 0 Å². The molecule has 1 N–H and O–H groups in total. The maximum Gasteiger partial charge on any atom is 0.0947 e. The zero-order valence-corrected chi connectivity index (χ0v) is 34.9. The van der Waals surface area contributed by atoms with E-state index in [1.165, 1.54) is 76.7 Å². The number of nitrogens with one attached hydrogen (secondary N) is 1. The second kappa shape index (κ2) is 14.6. The topological polar surface area (TPSA) is 34.2 Å². The van der Waals surface area contributed by atoms with Gasteiger partial charge in [-0.1, -0.05) is 146 Å². The van der Waals surface area contributed by atoms with Crippen LogP contribution in [0.2, 0.25) is 0 Å². The summed E-state index contributed by atoms with van der Waals surface area (Å²) in [6.45, 7) is 0. The van der Waals surface area contributed by atoms with Gasteiger partial charge in [-0.2, -0.15) is 0 Å². The van der Waals surface area contributed by atoms with Crippen LogP contribution in [0.5, 0.6) is 0 Å². The predicted molar refractivity (Wildman–Crippen MR) is 269 cm³/mol. The van der Waals surface area contributed by atoms with Crippen LogP contribution in [0.4, 0.5) is 11.4 Å². The third-order valence-corrected chi connectivity index (χ3v) is 13.1. The van der Waals surface area contributed by atoms with Crippen LogP contribution in [0.15, 0.2) is 236 Å². The largest absolute Gasteiger partial charge is 0.371 e. The summed E-state index contributed by atoms with van der Waals surface area (Å²) in [4.78, 5) is 5.26. The van der Waals surface area contributed by atoms with Gasteiger partial charge < -0.3 is 14.5 Å². The van der Waals surface area contributed by atoms with Gasteiger partial charge in [-0.25, -0.2) is 4.99 Å². The summed E-state index contributed by atoms with van der Waals surface area (Å²) in [6.07, 6.45) is 0. The fourth-order valence-corrected chi connectivity index (χ4v) is 10.0. The van der Waals surface area contributed by atoms with Crippen molar-refractivity contribution in [2.24, 2.45) is 4.99 Å². The second-order valence-electron chi connectivity index (χ2n) is 16.8. The molecule has 0 saturated heterocycles. The molecule has 1 atom stereocenters. The SMILES string of the molecule is c1ccc(C2Nc3ccccc3N=C2c2ccc(-n3c4ccc(-c5ccc6ccccc6c5)cc4c4cc(-c5ccc6c(c5)c5ccccc5n6-c5ccccc5)ccc43)cc2)cc1. The van der Waals surface area contributed by atoms with Crippen LogP contribution < -0.4 is 5.32 Å². The van der Waals surface area contributed by atoms with Crippen molar-refractivity contribution in [1.29, 1.82) is 0 Å². The van der Waals surface area contributed by atoms with Crippen molar-refractivity contribution in [3.8, 4) is 33.6 Å². The van der Waals surface area contributed by atoms with Gasteiger partial charge in [0.05, 0.1) is 45.2 Å². The van der Waals surface area contributed by atoms with Crippen molar-refractivity contribution in [3.05, 3.63) is 242 Å². The molecule has 1 unspecified atom stereocenters. The standard InChI is InChI=1S/C60H40N4/c1-3-14-40(15-4-1)59-60(62-54-21-11-10-20-53(54)61-59)41-25-30-48(31-26-41)64-57-33-27-44(43-24-23-39-13-7-8-16-42(39)35-43)37-51(57)52-38-46(29-34-58(52)64)45-28-32-56-50(36-45)49-19-9-12-22-55(49)63(56)47-17-5-2-6-18-47/h1-38,59,61H. The van der Waals surface area contributed by atoms with Gasteiger partial charge in [-0.05, 0) is 129 Å². The van der Waals surface area contributed by atoms with E-state index in [9.17, 15) is 0 Å². The molecule has 0 aliphatic carbocycles. The number of anilines is 1. The molecule has 2 aromatic heterocycles. The molecule has 1 aliphatic heterocycles. The van der Waals surface area contributed by atoms with E-state index >= 15 is 0 Å². The van der Waals surface area contributed by atoms with Gasteiger partial charge in [0.15, 0.2) is 0 Å². The number of nitrogens with zero attached hydrogens (tertiary/aromatic N) is 3. The lowest BCUT2D eigenvalue weighted by molar-refractivity contribution is 1.01. The molecular weight excluding hydrogens is 777 g/mol. The third kappa shape index (κ3) is 5.88. The van der Waals surface area contributed by atoms with Gasteiger partial charge in [0.1, 0.15) is 0 Å². The van der Waals surface area contributed by atoms with Crippen molar-refractivity contribution >= 4 is 71.5 Å². The quantitative estimate of drug-likeness (QED) is 0.178. The first-order valence-electron chi connectivity index (χ1n) is 22.0. The molecule has 0 saturated carbocycles. The zero-order valence-electron chi connectivity index (χ0n) is 34.9. The number of aliphatic imine (C=N–C) groups is 1. The molecule has 1 aliphatic rings. The smallest absolute Gasteiger partial charge is 0.0947 e. The number of hydrogen-bond acceptors (Lipinski definition) is 2. The van der Waals surface area contributed by atoms with Crippen LogP contribution >= 0.6 is 0 Å². The fourth-order valence-electron chi connectivity index (χ4n) is 10.0. The summed E-state index contributed by atoms with van der Waals surface area (Å²) in [5, 5.41) is 11.2. The summed E-state index contributed by atoms with van der Waals surface area (Å²) in [6, 6.07) is 83.5. The van der Waals surface area contributed by atoms with Crippen molar-refractivity contribution < 1.29 is 0 Å². The summed E-state index contributed by atoms with van der Waals surface area (Å²) < 4.78 is 4.80. The Morgan fingerprint density at radius 3 is 1.52 bits per heavy atom. The number of aromatic nitrogens is 2. The van der Waals surface area contributed by atoms with Crippen LogP contribution in [-0.4, -0.2) is 14.8 Å². The first-order chi connectivity index (χ1) is 31.7. The van der Waals surface area contributed by atoms with Gasteiger partial charge in [0.25, 0.3) is 0 Å². The molecule has 0 radical (unpaired) electrons. The highest BCUT2D eigenvalue weighted by atomic mass is 15.0. The van der Waals surface area contributed by atoms with Crippen molar-refractivity contribution in [3.63, 3.8) is 0 Å². The minimum Gasteiger partial charge on any atom is -0.371 e. The average Bonchev–Trinajstić information content (AvgIpc) is 3.88. The van der Waals surface area contributed by atoms with Gasteiger partial charge in [-0.15, -0.1) is 0 Å². The van der Waals surface area contributed by atoms with E-state index in [0.29, 0.717) is 0 Å². The summed E-state index contributed by atoms with van der Waals surface area (Å²) >= 11 is 0. The lowest BCUT2D eigenvalue weighted by Gasteiger charge is -2.28. The molecular formula is C60H40N4. The van der Waals surface area contributed by atoms with Crippen LogP contribution in [0.1, 0.15) is 17.2 Å². The monoisotopic (exact) mass is 816 g/mol. The highest BCUT2D eigenvalue weighted by Crippen LogP contribution is 2.41. The Morgan fingerprint density at radius 1 is 0.344 bits per heavy atom. The molecule has 4 nitrogen and oxygen atoms in total. The Bertz CT molecular complexity index is 3800. The number of benzene rings is 10. The Labute approximate surface area is 370 Å². The maximum absolute atomic E-state index is 5.26. The van der Waals surface area contributed by atoms with E-state index < -0.39 is 0 Å². The number of fused-ring (bicyclic) bond motifs is 8. The van der Waals surface area contributed by atoms with Gasteiger partial charge in [-0.3, -0.25) is 0 Å². The normalized spacial score (nSPS) is 13.7. The van der Waals surface area contributed by atoms with Gasteiger partial charge in [0.2, 0.25) is 0 Å². The number of rotatable bonds is 6. The molecule has 4 heteroatoms. The van der Waals surface area contributed by atoms with E-state index in [0.717, 1.165) is 39.5 Å². The highest BCUT2D eigenvalue weighted by Gasteiger charge is 2.26. The van der Waals surface area contributed by atoms with Crippen LogP contribution in [0, 0.1) is 0 Å². The van der Waals surface area contributed by atoms with Crippen LogP contribution in [0.3, 0.4) is 0 Å². The summed E-state index contributed by atoms with van der Waals surface area (Å²) in [5.74, 6) is 0. The number of hydrogen-bond donors (Lipinski definition) is 1. The van der Waals surface area contributed by atoms with E-state index in [1.54, 1.807) is 0 Å². The Hall–Kier alpha value is -8.47. The fraction of sp³-hybridized carbons (Fsp3) is 0.0167. The van der Waals surface area contributed by atoms with E-state index in [-0.39, 0.29) is 6.04 Å². The molecule has 0 spiro atoms. The van der Waals surface area contributed by atoms with E-state index in [1.807, 2.05) is 0 Å². The minimum atomic E-state index is -0.0729. The first kappa shape index (κ1) is 36.2. The second-order valence-corrected chi connectivity index (χ2v) is 16.8. The van der Waals surface area contributed by atoms with E-state index in [4.69, 9.17) is 4.99 Å². The minimum absolute atomic E-state index is 0.0729. The number of para-hydroxylation sites is 4. The van der Waals surface area contributed by atoms with Crippen molar-refractivity contribution in [2.75, 3.05) is 5.32 Å². The Balaban J connectivity index is 0.970. The summed E-state index contributed by atoms with van der Waals surface area (Å²) in [5.41, 5.74) is 17.1. The zero-order chi connectivity index (χ0) is 42.1. The Kier molecular flexibility index (Phi) is 8.25. The summed E-state index contributed by atoms with van der Waals surface area (Å²) in [7, 11) is 0. The first-order valence-corrected chi connectivity index (χ1v) is 22.0. The molecule has 64 heavy (non-hydrogen) atoms. The molecule has 300 valence electrons. The highest BCUT2D eigenvalue weighted by molar-refractivity contribution is 6.14. The molecule has 12 aromatic rings. The Morgan fingerprint density at radius 2 is 0.828 bits per heavy atom. The predicted octanol–water partition coefficient (Wildman–Crippen LogP) is 15.7. The van der Waals surface area contributed by atoms with Crippen molar-refractivity contribution in [2.45, 2.75) is 6.04 Å². The lowest BCUT2D eigenvalue weighted by atomic mass is 9.94. The maximum atomic E-state index is 5.26. The third-order valence-electron chi connectivity index (χ3n) is 13.1. The van der Waals surface area contributed by atoms with E-state index in [2.05, 4.69) is 245 Å². The van der Waals surface area contributed by atoms with Crippen molar-refractivity contribution in [1.82, 2.24) is 9.13 Å². The molecule has 0 amide bonds.